The number of anilines is 1. The maximum atomic E-state index is 4.50. The monoisotopic (exact) mass is 371 g/mol. The van der Waals surface area contributed by atoms with Gasteiger partial charge in [0.05, 0.1) is 11.2 Å². The van der Waals surface area contributed by atoms with Crippen molar-refractivity contribution in [3.8, 4) is 0 Å². The van der Waals surface area contributed by atoms with E-state index in [9.17, 15) is 0 Å². The Morgan fingerprint density at radius 1 is 1.33 bits per heavy atom. The number of halogens is 2. The van der Waals surface area contributed by atoms with Crippen molar-refractivity contribution in [2.75, 3.05) is 16.8 Å². The van der Waals surface area contributed by atoms with Crippen molar-refractivity contribution in [1.29, 1.82) is 0 Å². The van der Waals surface area contributed by atoms with Gasteiger partial charge in [0.1, 0.15) is 5.52 Å². The zero-order valence-corrected chi connectivity index (χ0v) is 13.6. The first-order valence-corrected chi connectivity index (χ1v) is 7.78. The fourth-order valence-corrected chi connectivity index (χ4v) is 2.67. The van der Waals surface area contributed by atoms with Crippen molar-refractivity contribution >= 4 is 48.6 Å². The van der Waals surface area contributed by atoms with Crippen LogP contribution in [0, 0.1) is 0 Å². The lowest BCUT2D eigenvalue weighted by Gasteiger charge is -2.28. The average molecular weight is 373 g/mol. The number of aromatic nitrogens is 2. The first-order valence-electron chi connectivity index (χ1n) is 5.86. The summed E-state index contributed by atoms with van der Waals surface area (Å²) in [7, 11) is 0. The van der Waals surface area contributed by atoms with Gasteiger partial charge in [-0.2, -0.15) is 0 Å². The fourth-order valence-electron chi connectivity index (χ4n) is 1.97. The van der Waals surface area contributed by atoms with Gasteiger partial charge in [-0.05, 0) is 41.9 Å². The van der Waals surface area contributed by atoms with Crippen LogP contribution in [-0.2, 0) is 0 Å². The van der Waals surface area contributed by atoms with E-state index < -0.39 is 0 Å². The quantitative estimate of drug-likeness (QED) is 0.759. The van der Waals surface area contributed by atoms with E-state index in [0.29, 0.717) is 6.04 Å². The molecule has 0 amide bonds. The zero-order valence-electron chi connectivity index (χ0n) is 10.4. The maximum absolute atomic E-state index is 4.50. The van der Waals surface area contributed by atoms with Crippen molar-refractivity contribution in [3.05, 3.63) is 29.0 Å². The Kier molecular flexibility index (Phi) is 4.56. The Hall–Kier alpha value is -0.680. The smallest absolute Gasteiger partial charge is 0.112 e. The van der Waals surface area contributed by atoms with Crippen LogP contribution in [0.3, 0.4) is 0 Å². The first-order chi connectivity index (χ1) is 8.63. The summed E-state index contributed by atoms with van der Waals surface area (Å²) in [6.45, 7) is 5.33. The van der Waals surface area contributed by atoms with Gasteiger partial charge in [-0.3, -0.25) is 9.97 Å². The molecule has 2 aromatic heterocycles. The molecule has 0 aliphatic rings. The largest absolute Gasteiger partial charge is 0.366 e. The summed E-state index contributed by atoms with van der Waals surface area (Å²) in [5, 5.41) is 0.936. The predicted octanol–water partition coefficient (Wildman–Crippen LogP) is 4.00. The number of hydrogen-bond donors (Lipinski definition) is 0. The normalized spacial score (nSPS) is 11.2. The third-order valence-corrected chi connectivity index (χ3v) is 3.57. The second-order valence-corrected chi connectivity index (χ2v) is 6.04. The summed E-state index contributed by atoms with van der Waals surface area (Å²) < 4.78 is 0.955. The number of hydrogen-bond acceptors (Lipinski definition) is 3. The van der Waals surface area contributed by atoms with Crippen LogP contribution >= 0.6 is 31.9 Å². The number of rotatable bonds is 4. The molecule has 0 fully saturated rings. The molecule has 2 aromatic rings. The lowest BCUT2D eigenvalue weighted by molar-refractivity contribution is 0.709. The summed E-state index contributed by atoms with van der Waals surface area (Å²) >= 11 is 6.94. The minimum Gasteiger partial charge on any atom is -0.366 e. The van der Waals surface area contributed by atoms with E-state index in [1.807, 2.05) is 24.5 Å². The van der Waals surface area contributed by atoms with Crippen LogP contribution in [0.25, 0.3) is 11.0 Å². The molecule has 18 heavy (non-hydrogen) atoms. The third-order valence-electron chi connectivity index (χ3n) is 2.78. The highest BCUT2D eigenvalue weighted by Gasteiger charge is 2.14. The molecule has 0 radical (unpaired) electrons. The van der Waals surface area contributed by atoms with Gasteiger partial charge < -0.3 is 4.90 Å². The van der Waals surface area contributed by atoms with Crippen molar-refractivity contribution in [1.82, 2.24) is 9.97 Å². The molecule has 96 valence electrons. The van der Waals surface area contributed by atoms with Crippen LogP contribution in [0.1, 0.15) is 13.8 Å². The molecule has 0 aliphatic heterocycles. The van der Waals surface area contributed by atoms with Gasteiger partial charge in [0.15, 0.2) is 0 Å². The molecule has 5 heteroatoms. The number of fused-ring (bicyclic) bond motifs is 1. The molecular formula is C13H15Br2N3. The second-order valence-electron chi connectivity index (χ2n) is 4.33. The Balaban J connectivity index is 2.55. The van der Waals surface area contributed by atoms with E-state index in [2.05, 4.69) is 60.6 Å². The molecule has 0 saturated carbocycles. The summed E-state index contributed by atoms with van der Waals surface area (Å²) in [4.78, 5) is 11.2. The predicted molar refractivity (Wildman–Crippen MR) is 83.5 cm³/mol. The van der Waals surface area contributed by atoms with Crippen LogP contribution in [-0.4, -0.2) is 27.9 Å². The van der Waals surface area contributed by atoms with Gasteiger partial charge in [-0.15, -0.1) is 0 Å². The summed E-state index contributed by atoms with van der Waals surface area (Å²) in [5.41, 5.74) is 3.01. The van der Waals surface area contributed by atoms with E-state index >= 15 is 0 Å². The third kappa shape index (κ3) is 2.83. The maximum Gasteiger partial charge on any atom is 0.112 e. The topological polar surface area (TPSA) is 29.0 Å². The summed E-state index contributed by atoms with van der Waals surface area (Å²) in [6.07, 6.45) is 3.66. The van der Waals surface area contributed by atoms with Crippen LogP contribution < -0.4 is 4.90 Å². The lowest BCUT2D eigenvalue weighted by atomic mass is 10.2. The van der Waals surface area contributed by atoms with Crippen LogP contribution in [0.4, 0.5) is 5.69 Å². The zero-order chi connectivity index (χ0) is 13.1. The molecule has 0 N–H and O–H groups in total. The minimum atomic E-state index is 0.429. The lowest BCUT2D eigenvalue weighted by Crippen LogP contribution is -2.32. The molecule has 3 nitrogen and oxygen atoms in total. The van der Waals surface area contributed by atoms with Crippen molar-refractivity contribution < 1.29 is 0 Å². The molecule has 0 aromatic carbocycles. The van der Waals surface area contributed by atoms with Crippen molar-refractivity contribution in [2.24, 2.45) is 0 Å². The second kappa shape index (κ2) is 5.97. The number of pyridine rings is 2. The first kappa shape index (κ1) is 13.7. The Labute approximate surface area is 124 Å². The Bertz CT molecular complexity index is 543. The molecule has 0 aliphatic carbocycles. The van der Waals surface area contributed by atoms with Crippen molar-refractivity contribution in [3.63, 3.8) is 0 Å². The SMILES string of the molecule is CC(C)N(CCBr)c1ccnc2cc(Br)cnc12. The fraction of sp³-hybridized carbons (Fsp3) is 0.385. The van der Waals surface area contributed by atoms with E-state index in [0.717, 1.165) is 33.1 Å². The Morgan fingerprint density at radius 2 is 2.11 bits per heavy atom. The average Bonchev–Trinajstić information content (AvgIpc) is 2.34. The highest BCUT2D eigenvalue weighted by atomic mass is 79.9. The minimum absolute atomic E-state index is 0.429. The standard InChI is InChI=1S/C13H15Br2N3/c1-9(2)18(6-4-14)12-3-5-16-11-7-10(15)8-17-13(11)12/h3,5,7-9H,4,6H2,1-2H3. The molecule has 0 spiro atoms. The van der Waals surface area contributed by atoms with Gasteiger partial charge in [-0.25, -0.2) is 0 Å². The summed E-state index contributed by atoms with van der Waals surface area (Å²) in [5.74, 6) is 0. The molecule has 2 heterocycles. The van der Waals surface area contributed by atoms with E-state index in [1.165, 1.54) is 0 Å². The molecule has 0 unspecified atom stereocenters. The molecule has 0 saturated heterocycles. The highest BCUT2D eigenvalue weighted by Crippen LogP contribution is 2.26. The van der Waals surface area contributed by atoms with Crippen LogP contribution in [0.15, 0.2) is 29.0 Å². The van der Waals surface area contributed by atoms with Gasteiger partial charge >= 0.3 is 0 Å². The molecule has 0 bridgehead atoms. The van der Waals surface area contributed by atoms with Gasteiger partial charge in [0, 0.05) is 34.8 Å². The van der Waals surface area contributed by atoms with Gasteiger partial charge in [0.2, 0.25) is 0 Å². The van der Waals surface area contributed by atoms with Gasteiger partial charge in [0.25, 0.3) is 0 Å². The molecular weight excluding hydrogens is 358 g/mol. The van der Waals surface area contributed by atoms with Gasteiger partial charge in [-0.1, -0.05) is 15.9 Å². The highest BCUT2D eigenvalue weighted by molar-refractivity contribution is 9.10. The number of alkyl halides is 1. The Morgan fingerprint density at radius 3 is 2.78 bits per heavy atom. The van der Waals surface area contributed by atoms with E-state index in [-0.39, 0.29) is 0 Å². The summed E-state index contributed by atoms with van der Waals surface area (Å²) in [6, 6.07) is 4.46. The van der Waals surface area contributed by atoms with E-state index in [4.69, 9.17) is 0 Å². The number of nitrogens with zero attached hydrogens (tertiary/aromatic N) is 3. The molecule has 2 rings (SSSR count). The van der Waals surface area contributed by atoms with Crippen LogP contribution in [0.5, 0.6) is 0 Å². The molecule has 0 atom stereocenters. The van der Waals surface area contributed by atoms with Crippen LogP contribution in [0.2, 0.25) is 0 Å². The van der Waals surface area contributed by atoms with E-state index in [1.54, 1.807) is 0 Å². The van der Waals surface area contributed by atoms with Crippen molar-refractivity contribution in [2.45, 2.75) is 19.9 Å².